The number of anilines is 1. The number of imide groups is 2. The first-order valence-electron chi connectivity index (χ1n) is 8.43. The predicted molar refractivity (Wildman–Crippen MR) is 112 cm³/mol. The summed E-state index contributed by atoms with van der Waals surface area (Å²) in [5, 5.41) is 2.20. The number of hydrogen-bond donors (Lipinski definition) is 1. The molecule has 1 heterocycles. The average Bonchev–Trinajstić information content (AvgIpc) is 2.67. The number of barbiturate groups is 1. The number of urea groups is 1. The van der Waals surface area contributed by atoms with Crippen molar-refractivity contribution in [1.82, 2.24) is 5.32 Å². The molecule has 0 atom stereocenters. The molecule has 1 N–H and O–H groups in total. The molecule has 144 valence electrons. The van der Waals surface area contributed by atoms with Gasteiger partial charge in [0.2, 0.25) is 0 Å². The van der Waals surface area contributed by atoms with E-state index in [-0.39, 0.29) is 5.57 Å². The van der Waals surface area contributed by atoms with Gasteiger partial charge in [-0.1, -0.05) is 18.2 Å². The van der Waals surface area contributed by atoms with Crippen LogP contribution in [0.5, 0.6) is 11.5 Å². The number of para-hydroxylation sites is 1. The molecule has 1 fully saturated rings. The van der Waals surface area contributed by atoms with Crippen molar-refractivity contribution >= 4 is 52.2 Å². The van der Waals surface area contributed by atoms with Crippen LogP contribution >= 0.6 is 22.6 Å². The molecule has 0 bridgehead atoms. The second-order valence-corrected chi connectivity index (χ2v) is 6.92. The Morgan fingerprint density at radius 2 is 1.86 bits per heavy atom. The summed E-state index contributed by atoms with van der Waals surface area (Å²) in [6, 6.07) is 11.1. The Morgan fingerprint density at radius 3 is 2.50 bits per heavy atom. The Hall–Kier alpha value is -2.88. The highest BCUT2D eigenvalue weighted by atomic mass is 127. The van der Waals surface area contributed by atoms with Crippen LogP contribution in [0.1, 0.15) is 12.5 Å². The zero-order valence-electron chi connectivity index (χ0n) is 15.2. The number of halogens is 1. The maximum Gasteiger partial charge on any atom is 0.335 e. The van der Waals surface area contributed by atoms with Gasteiger partial charge in [-0.3, -0.25) is 14.9 Å². The average molecular weight is 492 g/mol. The third-order valence-electron chi connectivity index (χ3n) is 3.97. The van der Waals surface area contributed by atoms with Crippen molar-refractivity contribution < 1.29 is 23.9 Å². The van der Waals surface area contributed by atoms with E-state index >= 15 is 0 Å². The second-order valence-electron chi connectivity index (χ2n) is 5.76. The van der Waals surface area contributed by atoms with Crippen LogP contribution in [0.4, 0.5) is 10.5 Å². The predicted octanol–water partition coefficient (Wildman–Crippen LogP) is 3.36. The Labute approximate surface area is 175 Å². The highest BCUT2D eigenvalue weighted by molar-refractivity contribution is 14.1. The van der Waals surface area contributed by atoms with E-state index in [1.165, 1.54) is 13.2 Å². The standard InChI is InChI=1S/C20H17IN2O5/c1-3-28-17-15(21)10-12(11-16(17)27-2)9-14-18(24)22-20(26)23(19(14)25)13-7-5-4-6-8-13/h4-11H,3H2,1-2H3,(H,22,24,26)/b14-9-. The lowest BCUT2D eigenvalue weighted by molar-refractivity contribution is -0.122. The molecular formula is C20H17IN2O5. The molecule has 1 aliphatic rings. The molecule has 8 heteroatoms. The van der Waals surface area contributed by atoms with Gasteiger partial charge in [-0.25, -0.2) is 9.69 Å². The van der Waals surface area contributed by atoms with E-state index in [0.717, 1.165) is 8.47 Å². The molecule has 7 nitrogen and oxygen atoms in total. The van der Waals surface area contributed by atoms with Gasteiger partial charge in [0, 0.05) is 0 Å². The van der Waals surface area contributed by atoms with Gasteiger partial charge in [-0.15, -0.1) is 0 Å². The molecule has 0 radical (unpaired) electrons. The van der Waals surface area contributed by atoms with Gasteiger partial charge in [-0.05, 0) is 65.4 Å². The molecule has 4 amide bonds. The smallest absolute Gasteiger partial charge is 0.335 e. The number of ether oxygens (including phenoxy) is 2. The minimum absolute atomic E-state index is 0.148. The van der Waals surface area contributed by atoms with E-state index < -0.39 is 17.8 Å². The second kappa shape index (κ2) is 8.42. The minimum atomic E-state index is -0.780. The summed E-state index contributed by atoms with van der Waals surface area (Å²) in [6.07, 6.45) is 1.43. The molecule has 2 aromatic carbocycles. The molecule has 0 spiro atoms. The highest BCUT2D eigenvalue weighted by Crippen LogP contribution is 2.35. The topological polar surface area (TPSA) is 84.9 Å². The molecule has 1 saturated heterocycles. The SMILES string of the molecule is CCOc1c(I)cc(/C=C2/C(=O)NC(=O)N(c3ccccc3)C2=O)cc1OC. The maximum absolute atomic E-state index is 12.9. The summed E-state index contributed by atoms with van der Waals surface area (Å²) in [7, 11) is 1.51. The number of amides is 4. The van der Waals surface area contributed by atoms with Crippen molar-refractivity contribution in [2.75, 3.05) is 18.6 Å². The zero-order chi connectivity index (χ0) is 20.3. The molecule has 0 aromatic heterocycles. The first kappa shape index (κ1) is 19.9. The van der Waals surface area contributed by atoms with Crippen molar-refractivity contribution in [3.8, 4) is 11.5 Å². The third-order valence-corrected chi connectivity index (χ3v) is 4.77. The molecule has 28 heavy (non-hydrogen) atoms. The summed E-state index contributed by atoms with van der Waals surface area (Å²) in [6.45, 7) is 2.34. The third kappa shape index (κ3) is 3.86. The van der Waals surface area contributed by atoms with E-state index in [1.807, 2.05) is 6.92 Å². The van der Waals surface area contributed by atoms with Crippen LogP contribution in [0.3, 0.4) is 0 Å². The van der Waals surface area contributed by atoms with Crippen molar-refractivity contribution in [3.63, 3.8) is 0 Å². The van der Waals surface area contributed by atoms with Crippen molar-refractivity contribution in [1.29, 1.82) is 0 Å². The van der Waals surface area contributed by atoms with Crippen molar-refractivity contribution in [3.05, 3.63) is 57.2 Å². The number of methoxy groups -OCH3 is 1. The Balaban J connectivity index is 2.03. The number of hydrogen-bond acceptors (Lipinski definition) is 5. The van der Waals surface area contributed by atoms with Crippen LogP contribution in [0.25, 0.3) is 6.08 Å². The number of carbonyl (C=O) groups is 3. The number of rotatable bonds is 5. The lowest BCUT2D eigenvalue weighted by Crippen LogP contribution is -2.54. The molecule has 0 unspecified atom stereocenters. The highest BCUT2D eigenvalue weighted by Gasteiger charge is 2.36. The number of nitrogens with zero attached hydrogens (tertiary/aromatic N) is 1. The number of nitrogens with one attached hydrogen (secondary N) is 1. The summed E-state index contributed by atoms with van der Waals surface area (Å²) < 4.78 is 11.7. The minimum Gasteiger partial charge on any atom is -0.493 e. The molecule has 3 rings (SSSR count). The van der Waals surface area contributed by atoms with E-state index in [4.69, 9.17) is 9.47 Å². The maximum atomic E-state index is 12.9. The largest absolute Gasteiger partial charge is 0.493 e. The summed E-state index contributed by atoms with van der Waals surface area (Å²) in [5.74, 6) is -0.360. The quantitative estimate of drug-likeness (QED) is 0.393. The van der Waals surface area contributed by atoms with E-state index in [2.05, 4.69) is 27.9 Å². The number of carbonyl (C=O) groups excluding carboxylic acids is 3. The first-order chi connectivity index (χ1) is 13.5. The van der Waals surface area contributed by atoms with Gasteiger partial charge in [0.05, 0.1) is 23.0 Å². The fourth-order valence-electron chi connectivity index (χ4n) is 2.74. The molecule has 0 saturated carbocycles. The van der Waals surface area contributed by atoms with Gasteiger partial charge < -0.3 is 9.47 Å². The van der Waals surface area contributed by atoms with Crippen LogP contribution in [0, 0.1) is 3.57 Å². The fourth-order valence-corrected chi connectivity index (χ4v) is 3.52. The van der Waals surface area contributed by atoms with Crippen LogP contribution in [-0.2, 0) is 9.59 Å². The molecule has 0 aliphatic carbocycles. The van der Waals surface area contributed by atoms with Crippen molar-refractivity contribution in [2.24, 2.45) is 0 Å². The zero-order valence-corrected chi connectivity index (χ0v) is 17.3. The first-order valence-corrected chi connectivity index (χ1v) is 9.51. The normalized spacial score (nSPS) is 15.6. The fraction of sp³-hybridized carbons (Fsp3) is 0.150. The van der Waals surface area contributed by atoms with Crippen LogP contribution in [0.2, 0.25) is 0 Å². The summed E-state index contributed by atoms with van der Waals surface area (Å²) in [5.41, 5.74) is 0.804. The summed E-state index contributed by atoms with van der Waals surface area (Å²) >= 11 is 2.10. The monoisotopic (exact) mass is 492 g/mol. The lowest BCUT2D eigenvalue weighted by atomic mass is 10.1. The Kier molecular flexibility index (Phi) is 5.98. The van der Waals surface area contributed by atoms with Crippen LogP contribution in [0.15, 0.2) is 48.0 Å². The van der Waals surface area contributed by atoms with Gasteiger partial charge in [-0.2, -0.15) is 0 Å². The molecular weight excluding hydrogens is 475 g/mol. The summed E-state index contributed by atoms with van der Waals surface area (Å²) in [4.78, 5) is 38.3. The van der Waals surface area contributed by atoms with E-state index in [9.17, 15) is 14.4 Å². The molecule has 1 aliphatic heterocycles. The van der Waals surface area contributed by atoms with Crippen LogP contribution < -0.4 is 19.7 Å². The van der Waals surface area contributed by atoms with E-state index in [1.54, 1.807) is 42.5 Å². The van der Waals surface area contributed by atoms with Crippen LogP contribution in [-0.4, -0.2) is 31.6 Å². The van der Waals surface area contributed by atoms with Gasteiger partial charge >= 0.3 is 6.03 Å². The molecule has 2 aromatic rings. The van der Waals surface area contributed by atoms with Gasteiger partial charge in [0.25, 0.3) is 11.8 Å². The van der Waals surface area contributed by atoms with Crippen molar-refractivity contribution in [2.45, 2.75) is 6.92 Å². The van der Waals surface area contributed by atoms with E-state index in [0.29, 0.717) is 29.4 Å². The Bertz CT molecular complexity index is 972. The lowest BCUT2D eigenvalue weighted by Gasteiger charge is -2.26. The van der Waals surface area contributed by atoms with Gasteiger partial charge in [0.1, 0.15) is 5.57 Å². The van der Waals surface area contributed by atoms with Gasteiger partial charge in [0.15, 0.2) is 11.5 Å². The Morgan fingerprint density at radius 1 is 1.14 bits per heavy atom. The number of benzene rings is 2.